The molecule has 11 heteroatoms. The van der Waals surface area contributed by atoms with Gasteiger partial charge >= 0.3 is 0 Å². The largest absolute Gasteiger partial charge is 0.356 e. The highest BCUT2D eigenvalue weighted by atomic mass is 32.2. The number of allylic oxidation sites excluding steroid dienone is 1. The highest BCUT2D eigenvalue weighted by Gasteiger charge is 2.31. The van der Waals surface area contributed by atoms with E-state index in [-0.39, 0.29) is 17.7 Å². The SMILES string of the molecule is C=CC(=C)SC(=C)C(=O)NC.CC(=O)N1CCC(=O)N2CCCC2CC1.CN(C=O)c1ccc2oncc2c1. The van der Waals surface area contributed by atoms with Crippen LogP contribution in [0.2, 0.25) is 0 Å². The van der Waals surface area contributed by atoms with Crippen molar-refractivity contribution in [3.63, 3.8) is 0 Å². The lowest BCUT2D eigenvalue weighted by Crippen LogP contribution is -2.44. The first-order valence-electron chi connectivity index (χ1n) is 12.6. The van der Waals surface area contributed by atoms with Crippen LogP contribution in [0.5, 0.6) is 0 Å². The number of thioether (sulfide) groups is 1. The van der Waals surface area contributed by atoms with Gasteiger partial charge in [0.2, 0.25) is 18.2 Å². The zero-order valence-corrected chi connectivity index (χ0v) is 23.7. The van der Waals surface area contributed by atoms with Gasteiger partial charge in [0.25, 0.3) is 5.91 Å². The number of anilines is 1. The van der Waals surface area contributed by atoms with Gasteiger partial charge in [0.15, 0.2) is 5.58 Å². The number of fused-ring (bicyclic) bond motifs is 2. The van der Waals surface area contributed by atoms with E-state index in [1.54, 1.807) is 44.3 Å². The molecule has 2 saturated heterocycles. The first-order chi connectivity index (χ1) is 18.6. The summed E-state index contributed by atoms with van der Waals surface area (Å²) < 4.78 is 4.93. The van der Waals surface area contributed by atoms with Crippen LogP contribution in [-0.4, -0.2) is 78.9 Å². The number of hydrogen-bond acceptors (Lipinski definition) is 7. The van der Waals surface area contributed by atoms with Crippen LogP contribution in [-0.2, 0) is 19.2 Å². The second-order valence-electron chi connectivity index (χ2n) is 8.97. The smallest absolute Gasteiger partial charge is 0.257 e. The zero-order valence-electron chi connectivity index (χ0n) is 22.9. The molecule has 1 aromatic heterocycles. The van der Waals surface area contributed by atoms with Gasteiger partial charge in [-0.05, 0) is 37.5 Å². The fourth-order valence-corrected chi connectivity index (χ4v) is 4.69. The van der Waals surface area contributed by atoms with Crippen LogP contribution in [0.3, 0.4) is 0 Å². The molecule has 2 aliphatic rings. The average molecular weight is 556 g/mol. The van der Waals surface area contributed by atoms with Crippen molar-refractivity contribution in [3.8, 4) is 0 Å². The molecule has 4 rings (SSSR count). The minimum Gasteiger partial charge on any atom is -0.356 e. The number of benzene rings is 1. The van der Waals surface area contributed by atoms with Crippen molar-refractivity contribution in [2.75, 3.05) is 38.6 Å². The highest BCUT2D eigenvalue weighted by Crippen LogP contribution is 2.24. The van der Waals surface area contributed by atoms with E-state index >= 15 is 0 Å². The number of rotatable bonds is 6. The van der Waals surface area contributed by atoms with E-state index in [9.17, 15) is 19.2 Å². The topological polar surface area (TPSA) is 116 Å². The molecule has 10 nitrogen and oxygen atoms in total. The van der Waals surface area contributed by atoms with Crippen molar-refractivity contribution in [1.29, 1.82) is 0 Å². The molecule has 1 aromatic carbocycles. The van der Waals surface area contributed by atoms with Gasteiger partial charge in [-0.25, -0.2) is 0 Å². The molecule has 4 amide bonds. The Kier molecular flexibility index (Phi) is 12.5. The van der Waals surface area contributed by atoms with Crippen molar-refractivity contribution in [3.05, 3.63) is 60.0 Å². The van der Waals surface area contributed by atoms with Crippen LogP contribution in [0.1, 0.15) is 32.6 Å². The van der Waals surface area contributed by atoms with E-state index in [4.69, 9.17) is 4.52 Å². The van der Waals surface area contributed by atoms with E-state index in [1.807, 2.05) is 17.0 Å². The molecule has 210 valence electrons. The molecule has 0 spiro atoms. The van der Waals surface area contributed by atoms with Crippen molar-refractivity contribution in [2.45, 2.75) is 38.6 Å². The Morgan fingerprint density at radius 3 is 2.62 bits per heavy atom. The van der Waals surface area contributed by atoms with Crippen LogP contribution in [0.4, 0.5) is 5.69 Å². The summed E-state index contributed by atoms with van der Waals surface area (Å²) in [6.07, 6.45) is 7.64. The van der Waals surface area contributed by atoms with Crippen LogP contribution < -0.4 is 10.2 Å². The standard InChI is InChI=1S/C11H18N2O2.C9H8N2O2.C8H11NOS/c1-9(14)12-7-4-10-3-2-6-13(10)11(15)5-8-12;1-11(6-12)8-2-3-9-7(4-8)5-10-13-9;1-5-6(2)11-7(3)8(10)9-4/h10H,2-8H2,1H3;2-6H,1H3;5H,1-3H2,4H3,(H,9,10). The Labute approximate surface area is 233 Å². The minimum absolute atomic E-state index is 0.0919. The fourth-order valence-electron chi connectivity index (χ4n) is 4.10. The Morgan fingerprint density at radius 2 is 1.97 bits per heavy atom. The molecule has 1 atom stereocenters. The number of carbonyl (C=O) groups is 4. The van der Waals surface area contributed by atoms with E-state index in [0.29, 0.717) is 23.9 Å². The minimum atomic E-state index is -0.182. The van der Waals surface area contributed by atoms with E-state index in [1.165, 1.54) is 16.7 Å². The summed E-state index contributed by atoms with van der Waals surface area (Å²) in [5, 5.41) is 7.00. The lowest BCUT2D eigenvalue weighted by Gasteiger charge is -2.31. The molecule has 2 aromatic rings. The lowest BCUT2D eigenvalue weighted by atomic mass is 10.1. The maximum atomic E-state index is 11.8. The third-order valence-corrected chi connectivity index (χ3v) is 7.20. The fraction of sp³-hybridized carbons (Fsp3) is 0.393. The molecule has 0 saturated carbocycles. The lowest BCUT2D eigenvalue weighted by molar-refractivity contribution is -0.136. The molecule has 0 aliphatic carbocycles. The summed E-state index contributed by atoms with van der Waals surface area (Å²) in [4.78, 5) is 50.8. The molecular weight excluding hydrogens is 518 g/mol. The van der Waals surface area contributed by atoms with Crippen LogP contribution in [0, 0.1) is 0 Å². The molecule has 3 heterocycles. The Morgan fingerprint density at radius 1 is 1.23 bits per heavy atom. The van der Waals surface area contributed by atoms with E-state index in [0.717, 1.165) is 60.3 Å². The number of hydrogen-bond donors (Lipinski definition) is 1. The van der Waals surface area contributed by atoms with Crippen molar-refractivity contribution >= 4 is 52.6 Å². The summed E-state index contributed by atoms with van der Waals surface area (Å²) in [6.45, 7) is 14.6. The summed E-state index contributed by atoms with van der Waals surface area (Å²) in [6, 6.07) is 5.83. The van der Waals surface area contributed by atoms with Crippen molar-refractivity contribution in [2.24, 2.45) is 0 Å². The molecule has 0 bridgehead atoms. The number of likely N-dealkylation sites (N-methyl/N-ethyl adjacent to an activating group) is 1. The summed E-state index contributed by atoms with van der Waals surface area (Å²) in [5.41, 5.74) is 1.55. The van der Waals surface area contributed by atoms with Gasteiger partial charge in [-0.15, -0.1) is 0 Å². The maximum Gasteiger partial charge on any atom is 0.257 e. The molecule has 2 fully saturated rings. The molecule has 0 radical (unpaired) electrons. The number of carbonyl (C=O) groups excluding carboxylic acids is 4. The van der Waals surface area contributed by atoms with Crippen molar-refractivity contribution in [1.82, 2.24) is 20.3 Å². The quantitative estimate of drug-likeness (QED) is 0.328. The van der Waals surface area contributed by atoms with Gasteiger partial charge in [-0.3, -0.25) is 19.2 Å². The predicted octanol–water partition coefficient (Wildman–Crippen LogP) is 3.72. The summed E-state index contributed by atoms with van der Waals surface area (Å²) in [7, 11) is 3.26. The second kappa shape index (κ2) is 15.5. The molecule has 2 aliphatic heterocycles. The number of nitrogens with one attached hydrogen (secondary N) is 1. The third kappa shape index (κ3) is 9.43. The van der Waals surface area contributed by atoms with E-state index < -0.39 is 0 Å². The Balaban J connectivity index is 0.000000208. The predicted molar refractivity (Wildman–Crippen MR) is 155 cm³/mol. The van der Waals surface area contributed by atoms with Gasteiger partial charge in [0, 0.05) is 69.1 Å². The monoisotopic (exact) mass is 555 g/mol. The number of nitrogens with zero attached hydrogens (tertiary/aromatic N) is 4. The van der Waals surface area contributed by atoms with Crippen molar-refractivity contribution < 1.29 is 23.7 Å². The second-order valence-corrected chi connectivity index (χ2v) is 10.2. The van der Waals surface area contributed by atoms with Crippen LogP contribution >= 0.6 is 11.8 Å². The average Bonchev–Trinajstić information content (AvgIpc) is 3.60. The summed E-state index contributed by atoms with van der Waals surface area (Å²) in [5.74, 6) is 0.135. The highest BCUT2D eigenvalue weighted by molar-refractivity contribution is 8.07. The normalized spacial score (nSPS) is 16.3. The first kappa shape index (κ1) is 31.4. The number of aromatic nitrogens is 1. The molecule has 1 unspecified atom stereocenters. The Hall–Kier alpha value is -3.86. The zero-order chi connectivity index (χ0) is 28.9. The van der Waals surface area contributed by atoms with Gasteiger partial charge in [0.1, 0.15) is 0 Å². The van der Waals surface area contributed by atoms with Gasteiger partial charge < -0.3 is 24.5 Å². The molecular formula is C28H37N5O5S. The summed E-state index contributed by atoms with van der Waals surface area (Å²) >= 11 is 1.21. The van der Waals surface area contributed by atoms with Crippen LogP contribution in [0.25, 0.3) is 11.0 Å². The van der Waals surface area contributed by atoms with E-state index in [2.05, 4.69) is 30.2 Å². The van der Waals surface area contributed by atoms with Gasteiger partial charge in [-0.2, -0.15) is 0 Å². The number of amides is 4. The maximum absolute atomic E-state index is 11.8. The van der Waals surface area contributed by atoms with Gasteiger partial charge in [0.05, 0.1) is 11.1 Å². The Bertz CT molecular complexity index is 1210. The van der Waals surface area contributed by atoms with Gasteiger partial charge in [-0.1, -0.05) is 42.7 Å². The molecule has 39 heavy (non-hydrogen) atoms. The molecule has 1 N–H and O–H groups in total. The third-order valence-electron chi connectivity index (χ3n) is 6.33. The first-order valence-corrected chi connectivity index (χ1v) is 13.4. The van der Waals surface area contributed by atoms with Crippen LogP contribution in [0.15, 0.2) is 64.5 Å².